The van der Waals surface area contributed by atoms with Gasteiger partial charge in [-0.1, -0.05) is 44.7 Å². The maximum atomic E-state index is 12.4. The largest absolute Gasteiger partial charge is 0.494 e. The molecule has 1 radical (unpaired) electrons. The zero-order valence-electron chi connectivity index (χ0n) is 17.6. The van der Waals surface area contributed by atoms with Gasteiger partial charge in [-0.2, -0.15) is 0 Å². The lowest BCUT2D eigenvalue weighted by atomic mass is 9.85. The van der Waals surface area contributed by atoms with Crippen LogP contribution < -0.4 is 9.47 Å². The van der Waals surface area contributed by atoms with Gasteiger partial charge in [0.15, 0.2) is 0 Å². The third-order valence-electron chi connectivity index (χ3n) is 5.64. The zero-order chi connectivity index (χ0) is 20.3. The van der Waals surface area contributed by atoms with Crippen LogP contribution in [0.2, 0.25) is 0 Å². The Kier molecular flexibility index (Phi) is 8.60. The van der Waals surface area contributed by atoms with Gasteiger partial charge in [-0.25, -0.2) is 4.79 Å². The number of ether oxygens (including phenoxy) is 2. The molecule has 3 nitrogen and oxygen atoms in total. The number of rotatable bonds is 10. The van der Waals surface area contributed by atoms with Crippen molar-refractivity contribution in [3.05, 3.63) is 66.1 Å². The lowest BCUT2D eigenvalue weighted by Crippen LogP contribution is -2.09. The summed E-state index contributed by atoms with van der Waals surface area (Å²) in [4.78, 5) is 12.4. The molecule has 1 fully saturated rings. The van der Waals surface area contributed by atoms with Gasteiger partial charge in [0.25, 0.3) is 0 Å². The van der Waals surface area contributed by atoms with E-state index in [1.165, 1.54) is 50.5 Å². The summed E-state index contributed by atoms with van der Waals surface area (Å²) in [6.07, 6.45) is 13.4. The molecule has 3 heteroatoms. The highest BCUT2D eigenvalue weighted by Crippen LogP contribution is 2.27. The topological polar surface area (TPSA) is 35.5 Å². The minimum Gasteiger partial charge on any atom is -0.494 e. The molecule has 0 unspecified atom stereocenters. The number of hydrogen-bond acceptors (Lipinski definition) is 3. The fraction of sp³-hybridized carbons (Fsp3) is 0.462. The molecule has 0 aliphatic heterocycles. The molecule has 0 N–H and O–H groups in total. The minimum atomic E-state index is -0.339. The smallest absolute Gasteiger partial charge is 0.343 e. The molecule has 155 valence electrons. The Morgan fingerprint density at radius 1 is 0.931 bits per heavy atom. The monoisotopic (exact) mass is 393 g/mol. The normalized spacial score (nSPS) is 14.5. The van der Waals surface area contributed by atoms with Crippen molar-refractivity contribution in [1.29, 1.82) is 0 Å². The molecule has 0 bridgehead atoms. The molecule has 0 atom stereocenters. The van der Waals surface area contributed by atoms with Crippen LogP contribution in [0.3, 0.4) is 0 Å². The first-order valence-electron chi connectivity index (χ1n) is 11.1. The standard InChI is InChI=1S/C26H33O3/c1-2-3-7-20-28-24-18-14-23(15-19-24)26(27)29-25-16-12-22(13-17-25)11-10-21-8-5-4-6-9-21/h4,12-19,21H,2-3,5-11,20H2,1H3. The SMILES string of the molecule is CCCCCOc1ccc(C(=O)Oc2ccc(CCC3CC[CH]CC3)cc2)cc1. The third kappa shape index (κ3) is 7.23. The second kappa shape index (κ2) is 11.6. The molecular weight excluding hydrogens is 360 g/mol. The lowest BCUT2D eigenvalue weighted by Gasteiger charge is -2.21. The summed E-state index contributed by atoms with van der Waals surface area (Å²) in [5.41, 5.74) is 1.84. The number of hydrogen-bond donors (Lipinski definition) is 0. The quantitative estimate of drug-likeness (QED) is 0.253. The van der Waals surface area contributed by atoms with Crippen molar-refractivity contribution in [1.82, 2.24) is 0 Å². The van der Waals surface area contributed by atoms with Gasteiger partial charge in [0.2, 0.25) is 0 Å². The van der Waals surface area contributed by atoms with Crippen molar-refractivity contribution in [2.75, 3.05) is 6.61 Å². The number of benzene rings is 2. The van der Waals surface area contributed by atoms with E-state index in [-0.39, 0.29) is 5.97 Å². The zero-order valence-corrected chi connectivity index (χ0v) is 17.6. The van der Waals surface area contributed by atoms with Crippen LogP contribution in [0.1, 0.15) is 74.2 Å². The van der Waals surface area contributed by atoms with Gasteiger partial charge in [-0.3, -0.25) is 0 Å². The average molecular weight is 394 g/mol. The molecule has 1 saturated carbocycles. The van der Waals surface area contributed by atoms with Crippen molar-refractivity contribution in [2.45, 2.75) is 64.7 Å². The van der Waals surface area contributed by atoms with Crippen LogP contribution in [-0.4, -0.2) is 12.6 Å². The number of unbranched alkanes of at least 4 members (excludes halogenated alkanes) is 2. The number of carbonyl (C=O) groups excluding carboxylic acids is 1. The summed E-state index contributed by atoms with van der Waals surface area (Å²) in [5, 5.41) is 0. The van der Waals surface area contributed by atoms with E-state index in [0.29, 0.717) is 17.9 Å². The number of esters is 1. The van der Waals surface area contributed by atoms with E-state index >= 15 is 0 Å². The highest BCUT2D eigenvalue weighted by molar-refractivity contribution is 5.91. The number of carbonyl (C=O) groups is 1. The predicted molar refractivity (Wildman–Crippen MR) is 117 cm³/mol. The van der Waals surface area contributed by atoms with Crippen molar-refractivity contribution < 1.29 is 14.3 Å². The summed E-state index contributed by atoms with van der Waals surface area (Å²) in [7, 11) is 0. The fourth-order valence-corrected chi connectivity index (χ4v) is 3.77. The van der Waals surface area contributed by atoms with Gasteiger partial charge in [-0.05, 0) is 86.4 Å². The Balaban J connectivity index is 1.44. The van der Waals surface area contributed by atoms with E-state index in [0.717, 1.165) is 24.5 Å². The van der Waals surface area contributed by atoms with E-state index in [4.69, 9.17) is 9.47 Å². The van der Waals surface area contributed by atoms with Crippen molar-refractivity contribution in [3.8, 4) is 11.5 Å². The Labute approximate surface area is 175 Å². The van der Waals surface area contributed by atoms with E-state index in [1.54, 1.807) is 12.1 Å². The summed E-state index contributed by atoms with van der Waals surface area (Å²) < 4.78 is 11.2. The summed E-state index contributed by atoms with van der Waals surface area (Å²) in [6.45, 7) is 2.88. The second-order valence-corrected chi connectivity index (χ2v) is 7.96. The van der Waals surface area contributed by atoms with Gasteiger partial charge in [0.1, 0.15) is 11.5 Å². The van der Waals surface area contributed by atoms with Gasteiger partial charge < -0.3 is 9.47 Å². The Morgan fingerprint density at radius 3 is 2.31 bits per heavy atom. The molecule has 2 aromatic carbocycles. The molecule has 3 rings (SSSR count). The van der Waals surface area contributed by atoms with Crippen molar-refractivity contribution in [2.24, 2.45) is 5.92 Å². The molecule has 0 heterocycles. The van der Waals surface area contributed by atoms with Gasteiger partial charge in [0.05, 0.1) is 12.2 Å². The first kappa shape index (κ1) is 21.4. The molecule has 1 aliphatic carbocycles. The third-order valence-corrected chi connectivity index (χ3v) is 5.64. The lowest BCUT2D eigenvalue weighted by molar-refractivity contribution is 0.0734. The second-order valence-electron chi connectivity index (χ2n) is 7.96. The molecule has 0 amide bonds. The molecule has 1 aliphatic rings. The first-order chi connectivity index (χ1) is 14.2. The first-order valence-corrected chi connectivity index (χ1v) is 11.1. The van der Waals surface area contributed by atoms with Crippen molar-refractivity contribution >= 4 is 5.97 Å². The van der Waals surface area contributed by atoms with Crippen LogP contribution in [0.4, 0.5) is 0 Å². The predicted octanol–water partition coefficient (Wildman–Crippen LogP) is 6.80. The molecule has 0 spiro atoms. The van der Waals surface area contributed by atoms with E-state index in [1.807, 2.05) is 24.3 Å². The van der Waals surface area contributed by atoms with Crippen LogP contribution in [0.15, 0.2) is 48.5 Å². The van der Waals surface area contributed by atoms with Crippen molar-refractivity contribution in [3.63, 3.8) is 0 Å². The van der Waals surface area contributed by atoms with Crippen LogP contribution in [0.5, 0.6) is 11.5 Å². The van der Waals surface area contributed by atoms with Crippen LogP contribution >= 0.6 is 0 Å². The summed E-state index contributed by atoms with van der Waals surface area (Å²) in [6, 6.07) is 15.1. The Bertz CT molecular complexity index is 728. The maximum absolute atomic E-state index is 12.4. The summed E-state index contributed by atoms with van der Waals surface area (Å²) in [5.74, 6) is 1.90. The van der Waals surface area contributed by atoms with Crippen LogP contribution in [0, 0.1) is 12.3 Å². The number of aryl methyl sites for hydroxylation is 1. The van der Waals surface area contributed by atoms with Gasteiger partial charge in [0, 0.05) is 0 Å². The van der Waals surface area contributed by atoms with E-state index in [9.17, 15) is 4.79 Å². The minimum absolute atomic E-state index is 0.339. The summed E-state index contributed by atoms with van der Waals surface area (Å²) >= 11 is 0. The molecule has 0 aromatic heterocycles. The highest BCUT2D eigenvalue weighted by Gasteiger charge is 2.13. The van der Waals surface area contributed by atoms with Crippen LogP contribution in [-0.2, 0) is 6.42 Å². The molecule has 2 aromatic rings. The van der Waals surface area contributed by atoms with E-state index in [2.05, 4.69) is 25.5 Å². The fourth-order valence-electron chi connectivity index (χ4n) is 3.77. The van der Waals surface area contributed by atoms with Gasteiger partial charge >= 0.3 is 5.97 Å². The molecular formula is C26H33O3. The Hall–Kier alpha value is -2.29. The van der Waals surface area contributed by atoms with Gasteiger partial charge in [-0.15, -0.1) is 0 Å². The molecule has 29 heavy (non-hydrogen) atoms. The van der Waals surface area contributed by atoms with Crippen LogP contribution in [0.25, 0.3) is 0 Å². The molecule has 0 saturated heterocycles. The maximum Gasteiger partial charge on any atom is 0.343 e. The Morgan fingerprint density at radius 2 is 1.62 bits per heavy atom. The average Bonchev–Trinajstić information content (AvgIpc) is 2.77. The highest BCUT2D eigenvalue weighted by atomic mass is 16.5. The van der Waals surface area contributed by atoms with E-state index < -0.39 is 0 Å².